The minimum absolute atomic E-state index is 0. The Morgan fingerprint density at radius 3 is 0.511 bits per heavy atom. The van der Waals surface area contributed by atoms with Crippen LogP contribution in [0.5, 0.6) is 0 Å². The second-order valence-corrected chi connectivity index (χ2v) is 10.9. The molecule has 0 amide bonds. The number of carbonyl (C=O) groups is 4. The van der Waals surface area contributed by atoms with E-state index in [1.54, 1.807) is 24.3 Å². The van der Waals surface area contributed by atoms with Gasteiger partial charge in [-0.05, 0) is 48.5 Å². The summed E-state index contributed by atoms with van der Waals surface area (Å²) in [6, 6.07) is 18.2. The van der Waals surface area contributed by atoms with E-state index in [9.17, 15) is 19.2 Å². The molecule has 0 bridgehead atoms. The number of halogens is 8. The average molecular weight is 971 g/mol. The van der Waals surface area contributed by atoms with Crippen LogP contribution < -0.4 is 0 Å². The standard InChI is InChI=1S/4C7H4Cl2O2.Pb/c4*8-4-2-1-3-5(9)6(4)7(10)11;/h4*1-3H,(H,10,11);. The summed E-state index contributed by atoms with van der Waals surface area (Å²) in [5, 5.41) is 35.6. The molecular formula is C28H16Cl8O8Pb. The quantitative estimate of drug-likeness (QED) is 0.148. The zero-order valence-electron chi connectivity index (χ0n) is 21.9. The molecule has 0 atom stereocenters. The first-order chi connectivity index (χ1) is 20.5. The largest absolute Gasteiger partial charge is 0.478 e. The Labute approximate surface area is 316 Å². The maximum Gasteiger partial charge on any atom is 0.338 e. The second-order valence-electron chi connectivity index (χ2n) is 7.61. The number of rotatable bonds is 4. The van der Waals surface area contributed by atoms with Gasteiger partial charge in [-0.1, -0.05) is 117 Å². The van der Waals surface area contributed by atoms with Crippen molar-refractivity contribution in [3.8, 4) is 0 Å². The minimum atomic E-state index is -1.11. The molecule has 0 aliphatic rings. The molecule has 0 aliphatic carbocycles. The molecule has 4 aromatic carbocycles. The van der Waals surface area contributed by atoms with E-state index in [0.29, 0.717) is 0 Å². The number of carboxylic acid groups (broad SMARTS) is 4. The maximum absolute atomic E-state index is 10.5. The predicted octanol–water partition coefficient (Wildman–Crippen LogP) is 10.4. The molecule has 17 heteroatoms. The van der Waals surface area contributed by atoms with Crippen molar-refractivity contribution in [1.82, 2.24) is 0 Å². The number of carboxylic acids is 4. The van der Waals surface area contributed by atoms with Gasteiger partial charge in [0.2, 0.25) is 0 Å². The topological polar surface area (TPSA) is 149 Å². The maximum atomic E-state index is 10.5. The first-order valence-electron chi connectivity index (χ1n) is 11.2. The van der Waals surface area contributed by atoms with Gasteiger partial charge in [0.1, 0.15) is 0 Å². The summed E-state index contributed by atoms with van der Waals surface area (Å²) in [7, 11) is 0. The van der Waals surface area contributed by atoms with Gasteiger partial charge in [-0.25, -0.2) is 19.2 Å². The number of hydrogen-bond acceptors (Lipinski definition) is 4. The van der Waals surface area contributed by atoms with Crippen LogP contribution in [0.1, 0.15) is 41.4 Å². The van der Waals surface area contributed by atoms with Crippen molar-refractivity contribution in [3.63, 3.8) is 0 Å². The molecule has 0 heterocycles. The van der Waals surface area contributed by atoms with Gasteiger partial charge in [0.15, 0.2) is 0 Å². The van der Waals surface area contributed by atoms with Crippen LogP contribution in [0, 0.1) is 0 Å². The van der Waals surface area contributed by atoms with Gasteiger partial charge in [-0.3, -0.25) is 0 Å². The number of hydrogen-bond donors (Lipinski definition) is 4. The number of benzene rings is 4. The van der Waals surface area contributed by atoms with E-state index in [-0.39, 0.29) is 89.7 Å². The van der Waals surface area contributed by atoms with Crippen molar-refractivity contribution in [2.75, 3.05) is 0 Å². The average Bonchev–Trinajstić information content (AvgIpc) is 2.89. The number of aromatic carboxylic acids is 4. The van der Waals surface area contributed by atoms with Crippen LogP contribution in [0.25, 0.3) is 0 Å². The summed E-state index contributed by atoms with van der Waals surface area (Å²) in [4.78, 5) is 41.9. The Morgan fingerprint density at radius 1 is 0.333 bits per heavy atom. The molecule has 0 fully saturated rings. The van der Waals surface area contributed by atoms with Crippen LogP contribution in [0.2, 0.25) is 40.2 Å². The van der Waals surface area contributed by atoms with Gasteiger partial charge < -0.3 is 20.4 Å². The molecule has 4 radical (unpaired) electrons. The van der Waals surface area contributed by atoms with E-state index < -0.39 is 23.9 Å². The van der Waals surface area contributed by atoms with Crippen LogP contribution >= 0.6 is 92.8 Å². The summed E-state index contributed by atoms with van der Waals surface area (Å²) < 4.78 is 0. The zero-order chi connectivity index (χ0) is 33.7. The van der Waals surface area contributed by atoms with Gasteiger partial charge in [0, 0.05) is 27.3 Å². The van der Waals surface area contributed by atoms with E-state index in [2.05, 4.69) is 0 Å². The third-order valence-electron chi connectivity index (χ3n) is 4.71. The molecule has 4 rings (SSSR count). The molecule has 45 heavy (non-hydrogen) atoms. The molecule has 4 N–H and O–H groups in total. The molecule has 4 aromatic rings. The minimum Gasteiger partial charge on any atom is -0.478 e. The van der Waals surface area contributed by atoms with Crippen molar-refractivity contribution < 1.29 is 39.6 Å². The molecule has 0 unspecified atom stereocenters. The summed E-state index contributed by atoms with van der Waals surface area (Å²) in [6.45, 7) is 0. The Morgan fingerprint density at radius 2 is 0.444 bits per heavy atom. The molecule has 0 spiro atoms. The summed E-state index contributed by atoms with van der Waals surface area (Å²) in [5.74, 6) is -4.44. The third-order valence-corrected chi connectivity index (χ3v) is 7.23. The van der Waals surface area contributed by atoms with E-state index in [0.717, 1.165) is 0 Å². The fourth-order valence-electron chi connectivity index (χ4n) is 2.81. The summed E-state index contributed by atoms with van der Waals surface area (Å²) in [6.07, 6.45) is 0. The molecule has 0 saturated carbocycles. The molecule has 8 nitrogen and oxygen atoms in total. The molecule has 0 aliphatic heterocycles. The van der Waals surface area contributed by atoms with Crippen molar-refractivity contribution in [3.05, 3.63) is 135 Å². The normalized spacial score (nSPS) is 9.42. The SMILES string of the molecule is O=C(O)c1c(Cl)cccc1Cl.O=C(O)c1c(Cl)cccc1Cl.O=C(O)c1c(Cl)cccc1Cl.O=C(O)c1c(Cl)cccc1Cl.[Pb]. The van der Waals surface area contributed by atoms with Crippen LogP contribution in [-0.4, -0.2) is 71.6 Å². The van der Waals surface area contributed by atoms with Gasteiger partial charge in [0.25, 0.3) is 0 Å². The Bertz CT molecular complexity index is 1360. The third kappa shape index (κ3) is 13.7. The molecular weight excluding hydrogens is 955 g/mol. The van der Waals surface area contributed by atoms with Crippen molar-refractivity contribution >= 4 is 144 Å². The van der Waals surface area contributed by atoms with Crippen LogP contribution in [0.4, 0.5) is 0 Å². The van der Waals surface area contributed by atoms with E-state index >= 15 is 0 Å². The van der Waals surface area contributed by atoms with Gasteiger partial charge in [-0.15, -0.1) is 0 Å². The van der Waals surface area contributed by atoms with E-state index in [1.165, 1.54) is 48.5 Å². The van der Waals surface area contributed by atoms with E-state index in [1.807, 2.05) is 0 Å². The Balaban J connectivity index is 0.000000569. The van der Waals surface area contributed by atoms with E-state index in [4.69, 9.17) is 113 Å². The van der Waals surface area contributed by atoms with Gasteiger partial charge >= 0.3 is 23.9 Å². The monoisotopic (exact) mass is 968 g/mol. The zero-order valence-corrected chi connectivity index (χ0v) is 31.8. The van der Waals surface area contributed by atoms with Crippen LogP contribution in [-0.2, 0) is 0 Å². The fourth-order valence-corrected chi connectivity index (χ4v) is 5.04. The first-order valence-corrected chi connectivity index (χ1v) is 14.2. The van der Waals surface area contributed by atoms with Crippen molar-refractivity contribution in [2.45, 2.75) is 0 Å². The second kappa shape index (κ2) is 21.0. The first kappa shape index (κ1) is 43.0. The predicted molar refractivity (Wildman–Crippen MR) is 179 cm³/mol. The van der Waals surface area contributed by atoms with Gasteiger partial charge in [0.05, 0.1) is 62.4 Å². The molecule has 0 aromatic heterocycles. The van der Waals surface area contributed by atoms with Crippen LogP contribution in [0.3, 0.4) is 0 Å². The Hall–Kier alpha value is -2.00. The van der Waals surface area contributed by atoms with Crippen molar-refractivity contribution in [2.24, 2.45) is 0 Å². The fraction of sp³-hybridized carbons (Fsp3) is 0. The van der Waals surface area contributed by atoms with Crippen molar-refractivity contribution in [1.29, 1.82) is 0 Å². The van der Waals surface area contributed by atoms with Gasteiger partial charge in [-0.2, -0.15) is 0 Å². The smallest absolute Gasteiger partial charge is 0.338 e. The Kier molecular flexibility index (Phi) is 20.1. The summed E-state index contributed by atoms with van der Waals surface area (Å²) in [5.41, 5.74) is -0.182. The molecule has 0 saturated heterocycles. The van der Waals surface area contributed by atoms with Crippen LogP contribution in [0.15, 0.2) is 72.8 Å². The molecule has 236 valence electrons. The summed E-state index contributed by atoms with van der Waals surface area (Å²) >= 11 is 44.5.